The van der Waals surface area contributed by atoms with E-state index in [1.165, 1.54) is 0 Å². The number of carbonyl (C=O) groups is 1. The van der Waals surface area contributed by atoms with E-state index in [9.17, 15) is 13.2 Å². The van der Waals surface area contributed by atoms with Gasteiger partial charge in [0.25, 0.3) is 10.0 Å². The summed E-state index contributed by atoms with van der Waals surface area (Å²) in [6, 6.07) is 29.3. The SMILES string of the molecule is Cc1ccc(S(=O)(=O)Nc2ccccc2Nc2ccc(OC(=O)c3ccccc3)cc2)cc1. The van der Waals surface area contributed by atoms with E-state index < -0.39 is 16.0 Å². The summed E-state index contributed by atoms with van der Waals surface area (Å²) in [5.74, 6) is -0.0325. The summed E-state index contributed by atoms with van der Waals surface area (Å²) in [6.45, 7) is 1.90. The molecule has 0 heterocycles. The molecule has 0 atom stereocenters. The van der Waals surface area contributed by atoms with Gasteiger partial charge >= 0.3 is 5.97 Å². The number of carbonyl (C=O) groups excluding carboxylic acids is 1. The lowest BCUT2D eigenvalue weighted by Crippen LogP contribution is -2.14. The molecule has 0 radical (unpaired) electrons. The smallest absolute Gasteiger partial charge is 0.343 e. The van der Waals surface area contributed by atoms with E-state index in [1.807, 2.05) is 19.1 Å². The summed E-state index contributed by atoms with van der Waals surface area (Å²) in [5.41, 5.74) is 3.15. The lowest BCUT2D eigenvalue weighted by molar-refractivity contribution is 0.0734. The molecule has 4 aromatic rings. The molecule has 166 valence electrons. The van der Waals surface area contributed by atoms with Crippen molar-refractivity contribution in [1.82, 2.24) is 0 Å². The highest BCUT2D eigenvalue weighted by Gasteiger charge is 2.16. The number of hydrogen-bond donors (Lipinski definition) is 2. The topological polar surface area (TPSA) is 84.5 Å². The number of benzene rings is 4. The van der Waals surface area contributed by atoms with Crippen LogP contribution < -0.4 is 14.8 Å². The minimum atomic E-state index is -3.74. The Bertz CT molecular complexity index is 1350. The summed E-state index contributed by atoms with van der Waals surface area (Å²) in [4.78, 5) is 12.4. The van der Waals surface area contributed by atoms with E-state index in [4.69, 9.17) is 4.74 Å². The second-order valence-electron chi connectivity index (χ2n) is 7.37. The number of aryl methyl sites for hydroxylation is 1. The molecule has 6 nitrogen and oxygen atoms in total. The van der Waals surface area contributed by atoms with Crippen LogP contribution in [0.5, 0.6) is 5.75 Å². The number of rotatable bonds is 7. The van der Waals surface area contributed by atoms with E-state index >= 15 is 0 Å². The minimum Gasteiger partial charge on any atom is -0.423 e. The van der Waals surface area contributed by atoms with Crippen LogP contribution in [0.1, 0.15) is 15.9 Å². The molecular weight excluding hydrogens is 436 g/mol. The van der Waals surface area contributed by atoms with Crippen LogP contribution in [0, 0.1) is 6.92 Å². The number of hydrogen-bond acceptors (Lipinski definition) is 5. The average Bonchev–Trinajstić information content (AvgIpc) is 2.82. The van der Waals surface area contributed by atoms with Crippen LogP contribution >= 0.6 is 0 Å². The van der Waals surface area contributed by atoms with Crippen LogP contribution in [0.2, 0.25) is 0 Å². The summed E-state index contributed by atoms with van der Waals surface area (Å²) >= 11 is 0. The van der Waals surface area contributed by atoms with Gasteiger partial charge in [0.05, 0.1) is 21.8 Å². The molecule has 4 rings (SSSR count). The molecule has 7 heteroatoms. The number of sulfonamides is 1. The average molecular weight is 459 g/mol. The summed E-state index contributed by atoms with van der Waals surface area (Å²) < 4.78 is 33.6. The maximum Gasteiger partial charge on any atom is 0.343 e. The van der Waals surface area contributed by atoms with Crippen molar-refractivity contribution in [2.45, 2.75) is 11.8 Å². The summed E-state index contributed by atoms with van der Waals surface area (Å²) in [6.07, 6.45) is 0. The first-order valence-electron chi connectivity index (χ1n) is 10.2. The molecule has 0 unspecified atom stereocenters. The van der Waals surface area contributed by atoms with Crippen LogP contribution in [-0.2, 0) is 10.0 Å². The Balaban J connectivity index is 1.47. The summed E-state index contributed by atoms with van der Waals surface area (Å²) in [5, 5.41) is 3.20. The van der Waals surface area contributed by atoms with Gasteiger partial charge in [-0.1, -0.05) is 48.0 Å². The Labute approximate surface area is 192 Å². The van der Waals surface area contributed by atoms with E-state index in [1.54, 1.807) is 91.0 Å². The molecule has 0 bridgehead atoms. The van der Waals surface area contributed by atoms with Gasteiger partial charge < -0.3 is 10.1 Å². The first-order chi connectivity index (χ1) is 15.9. The number of esters is 1. The maximum absolute atomic E-state index is 12.8. The van der Waals surface area contributed by atoms with Gasteiger partial charge in [0.2, 0.25) is 0 Å². The van der Waals surface area contributed by atoms with E-state index in [-0.39, 0.29) is 4.90 Å². The van der Waals surface area contributed by atoms with Crippen molar-refractivity contribution in [3.63, 3.8) is 0 Å². The van der Waals surface area contributed by atoms with Crippen molar-refractivity contribution < 1.29 is 17.9 Å². The number of nitrogens with one attached hydrogen (secondary N) is 2. The molecule has 0 saturated carbocycles. The van der Waals surface area contributed by atoms with Crippen LogP contribution in [0.3, 0.4) is 0 Å². The molecule has 0 aromatic heterocycles. The van der Waals surface area contributed by atoms with E-state index in [0.29, 0.717) is 28.4 Å². The molecular formula is C26H22N2O4S. The molecule has 0 aliphatic heterocycles. The van der Waals surface area contributed by atoms with Crippen LogP contribution in [0.25, 0.3) is 0 Å². The van der Waals surface area contributed by atoms with Gasteiger partial charge in [-0.3, -0.25) is 4.72 Å². The Kier molecular flexibility index (Phi) is 6.42. The predicted octanol–water partition coefficient (Wildman–Crippen LogP) is 5.76. The van der Waals surface area contributed by atoms with Gasteiger partial charge in [0.1, 0.15) is 5.75 Å². The maximum atomic E-state index is 12.8. The first-order valence-corrected chi connectivity index (χ1v) is 11.7. The zero-order valence-corrected chi connectivity index (χ0v) is 18.7. The standard InChI is InChI=1S/C26H22N2O4S/c1-19-11-17-23(18-12-19)33(30,31)28-25-10-6-5-9-24(25)27-21-13-15-22(16-14-21)32-26(29)20-7-3-2-4-8-20/h2-18,27-28H,1H3. The van der Waals surface area contributed by atoms with Crippen molar-refractivity contribution in [3.8, 4) is 5.75 Å². The molecule has 4 aromatic carbocycles. The fourth-order valence-electron chi connectivity index (χ4n) is 3.10. The van der Waals surface area contributed by atoms with Crippen molar-refractivity contribution >= 4 is 33.1 Å². The van der Waals surface area contributed by atoms with Gasteiger partial charge in [-0.05, 0) is 67.6 Å². The second-order valence-corrected chi connectivity index (χ2v) is 9.05. The molecule has 0 aliphatic rings. The predicted molar refractivity (Wildman–Crippen MR) is 130 cm³/mol. The Morgan fingerprint density at radius 1 is 0.727 bits per heavy atom. The van der Waals surface area contributed by atoms with Crippen LogP contribution in [0.4, 0.5) is 17.1 Å². The lowest BCUT2D eigenvalue weighted by Gasteiger charge is -2.15. The molecule has 0 saturated heterocycles. The largest absolute Gasteiger partial charge is 0.423 e. The van der Waals surface area contributed by atoms with Gasteiger partial charge in [-0.2, -0.15) is 0 Å². The van der Waals surface area contributed by atoms with Gasteiger partial charge in [0, 0.05) is 5.69 Å². The monoisotopic (exact) mass is 458 g/mol. The highest BCUT2D eigenvalue weighted by Crippen LogP contribution is 2.28. The van der Waals surface area contributed by atoms with Crippen molar-refractivity contribution in [1.29, 1.82) is 0 Å². The third-order valence-electron chi connectivity index (χ3n) is 4.86. The van der Waals surface area contributed by atoms with Crippen molar-refractivity contribution in [2.75, 3.05) is 10.0 Å². The highest BCUT2D eigenvalue weighted by molar-refractivity contribution is 7.92. The Hall–Kier alpha value is -4.10. The fraction of sp³-hybridized carbons (Fsp3) is 0.0385. The third kappa shape index (κ3) is 5.58. The quantitative estimate of drug-likeness (QED) is 0.272. The third-order valence-corrected chi connectivity index (χ3v) is 6.24. The fourth-order valence-corrected chi connectivity index (χ4v) is 4.18. The van der Waals surface area contributed by atoms with Crippen molar-refractivity contribution in [3.05, 3.63) is 114 Å². The molecule has 33 heavy (non-hydrogen) atoms. The van der Waals surface area contributed by atoms with Gasteiger partial charge in [-0.25, -0.2) is 13.2 Å². The van der Waals surface area contributed by atoms with Crippen molar-refractivity contribution in [2.24, 2.45) is 0 Å². The van der Waals surface area contributed by atoms with Crippen LogP contribution in [-0.4, -0.2) is 14.4 Å². The Morgan fingerprint density at radius 2 is 1.33 bits per heavy atom. The van der Waals surface area contributed by atoms with Gasteiger partial charge in [-0.15, -0.1) is 0 Å². The second kappa shape index (κ2) is 9.58. The molecule has 2 N–H and O–H groups in total. The molecule has 0 fully saturated rings. The number of ether oxygens (including phenoxy) is 1. The summed E-state index contributed by atoms with van der Waals surface area (Å²) in [7, 11) is -3.74. The molecule has 0 amide bonds. The number of anilines is 3. The lowest BCUT2D eigenvalue weighted by atomic mass is 10.2. The normalized spacial score (nSPS) is 10.9. The molecule has 0 spiro atoms. The van der Waals surface area contributed by atoms with Crippen LogP contribution in [0.15, 0.2) is 108 Å². The van der Waals surface area contributed by atoms with E-state index in [0.717, 1.165) is 5.56 Å². The highest BCUT2D eigenvalue weighted by atomic mass is 32.2. The molecule has 0 aliphatic carbocycles. The zero-order valence-electron chi connectivity index (χ0n) is 17.9. The van der Waals surface area contributed by atoms with E-state index in [2.05, 4.69) is 10.0 Å². The van der Waals surface area contributed by atoms with Gasteiger partial charge in [0.15, 0.2) is 0 Å². The first kappa shape index (κ1) is 22.1. The number of para-hydroxylation sites is 2. The zero-order chi connectivity index (χ0) is 23.3. The Morgan fingerprint density at radius 3 is 2.00 bits per heavy atom. The minimum absolute atomic E-state index is 0.187.